The van der Waals surface area contributed by atoms with E-state index in [1.165, 1.54) is 0 Å². The molecule has 2 amide bonds. The number of nitrogens with zero attached hydrogens (tertiary/aromatic N) is 6. The summed E-state index contributed by atoms with van der Waals surface area (Å²) in [7, 11) is 1.62. The number of carbonyl (C=O) groups is 1. The van der Waals surface area contributed by atoms with Crippen molar-refractivity contribution in [3.63, 3.8) is 0 Å². The second-order valence-electron chi connectivity index (χ2n) is 7.31. The molecule has 2 aromatic carbocycles. The maximum Gasteiger partial charge on any atom is 0.368 e. The molecule has 0 saturated heterocycles. The van der Waals surface area contributed by atoms with Gasteiger partial charge in [0.05, 0.1) is 34.3 Å². The van der Waals surface area contributed by atoms with Crippen LogP contribution in [0.4, 0.5) is 32.3 Å². The van der Waals surface area contributed by atoms with Gasteiger partial charge in [0.1, 0.15) is 0 Å². The van der Waals surface area contributed by atoms with E-state index < -0.39 is 11.8 Å². The Morgan fingerprint density at radius 2 is 2.03 bits per heavy atom. The van der Waals surface area contributed by atoms with Crippen molar-refractivity contribution in [1.82, 2.24) is 20.2 Å². The molecular weight excluding hydrogens is 427 g/mol. The number of urea groups is 1. The number of anilines is 4. The fourth-order valence-corrected chi connectivity index (χ4v) is 3.65. The Labute approximate surface area is 186 Å². The Hall–Kier alpha value is -4.25. The molecule has 0 radical (unpaired) electrons. The lowest BCUT2D eigenvalue weighted by atomic mass is 10.2. The van der Waals surface area contributed by atoms with Crippen LogP contribution in [0, 0.1) is 5.82 Å². The Morgan fingerprint density at radius 1 is 1.15 bits per heavy atom. The fourth-order valence-electron chi connectivity index (χ4n) is 3.65. The molecule has 2 N–H and O–H groups in total. The minimum atomic E-state index is -0.563. The van der Waals surface area contributed by atoms with Gasteiger partial charge < -0.3 is 15.0 Å². The number of halogens is 1. The van der Waals surface area contributed by atoms with E-state index in [0.717, 1.165) is 22.8 Å². The van der Waals surface area contributed by atoms with Crippen molar-refractivity contribution in [2.45, 2.75) is 6.42 Å². The average Bonchev–Trinajstić information content (AvgIpc) is 3.44. The molecule has 0 spiro atoms. The van der Waals surface area contributed by atoms with Crippen molar-refractivity contribution >= 4 is 40.1 Å². The van der Waals surface area contributed by atoms with Crippen LogP contribution in [0.3, 0.4) is 0 Å². The van der Waals surface area contributed by atoms with Crippen molar-refractivity contribution in [2.75, 3.05) is 30.5 Å². The lowest BCUT2D eigenvalue weighted by Crippen LogP contribution is -2.23. The standard InChI is InChI=1S/C22H19FN8O2/c1-33-9-3-8-31(19-5-2-4-16-14(19)11-25-30-16)20-15(23)12-24-21(29-20)26-13-6-7-17-18(10-13)28-22(32)27-17/h2,4-7,10-12H,3,8-9H2,1H3,(H,25,30)(H,24,26,29). The maximum atomic E-state index is 15.0. The summed E-state index contributed by atoms with van der Waals surface area (Å²) in [6, 6.07) is 10.2. The third kappa shape index (κ3) is 4.13. The van der Waals surface area contributed by atoms with Gasteiger partial charge in [-0.2, -0.15) is 20.1 Å². The van der Waals surface area contributed by atoms with Gasteiger partial charge in [-0.25, -0.2) is 14.2 Å². The van der Waals surface area contributed by atoms with Gasteiger partial charge >= 0.3 is 6.03 Å². The van der Waals surface area contributed by atoms with Crippen molar-refractivity contribution in [3.8, 4) is 0 Å². The number of hydrogen-bond donors (Lipinski definition) is 2. The quantitative estimate of drug-likeness (QED) is 0.399. The highest BCUT2D eigenvalue weighted by Crippen LogP contribution is 2.32. The normalized spacial score (nSPS) is 12.4. The Bertz CT molecular complexity index is 1470. The Morgan fingerprint density at radius 3 is 2.91 bits per heavy atom. The van der Waals surface area contributed by atoms with Gasteiger partial charge in [-0.3, -0.25) is 5.10 Å². The summed E-state index contributed by atoms with van der Waals surface area (Å²) >= 11 is 0. The molecule has 1 aliphatic heterocycles. The van der Waals surface area contributed by atoms with Crippen molar-refractivity contribution in [3.05, 3.63) is 65.3 Å². The molecule has 11 heteroatoms. The number of aromatic nitrogens is 4. The zero-order valence-electron chi connectivity index (χ0n) is 17.6. The smallest absolute Gasteiger partial charge is 0.368 e. The summed E-state index contributed by atoms with van der Waals surface area (Å²) in [5.74, 6) is -0.246. The number of ether oxygens (including phenoxy) is 1. The van der Waals surface area contributed by atoms with Crippen LogP contribution in [-0.4, -0.2) is 46.5 Å². The van der Waals surface area contributed by atoms with E-state index in [-0.39, 0.29) is 11.8 Å². The van der Waals surface area contributed by atoms with Crippen molar-refractivity contribution in [1.29, 1.82) is 0 Å². The minimum Gasteiger partial charge on any atom is -0.385 e. The number of carbonyl (C=O) groups excluding carboxylic acids is 1. The van der Waals surface area contributed by atoms with Crippen molar-refractivity contribution < 1.29 is 13.9 Å². The lowest BCUT2D eigenvalue weighted by Gasteiger charge is -2.25. The largest absolute Gasteiger partial charge is 0.385 e. The number of amides is 2. The topological polar surface area (TPSA) is 121 Å². The molecule has 0 atom stereocenters. The first-order chi connectivity index (χ1) is 16.1. The fraction of sp³-hybridized carbons (Fsp3) is 0.182. The van der Waals surface area contributed by atoms with Gasteiger partial charge in [-0.1, -0.05) is 6.07 Å². The molecule has 4 aromatic rings. The molecule has 3 heterocycles. The predicted octanol–water partition coefficient (Wildman–Crippen LogP) is 2.78. The van der Waals surface area contributed by atoms with Crippen LogP contribution < -0.4 is 20.9 Å². The monoisotopic (exact) mass is 446 g/mol. The van der Waals surface area contributed by atoms with E-state index in [4.69, 9.17) is 4.74 Å². The van der Waals surface area contributed by atoms with E-state index >= 15 is 0 Å². The van der Waals surface area contributed by atoms with Gasteiger partial charge in [0.2, 0.25) is 5.95 Å². The molecule has 5 rings (SSSR count). The van der Waals surface area contributed by atoms with E-state index in [2.05, 4.69) is 35.5 Å². The van der Waals surface area contributed by atoms with Crippen LogP contribution in [-0.2, 0) is 4.74 Å². The molecule has 0 unspecified atom stereocenters. The summed E-state index contributed by atoms with van der Waals surface area (Å²) in [6.07, 6.45) is 3.48. The van der Waals surface area contributed by atoms with Gasteiger partial charge in [-0.05, 0) is 36.8 Å². The summed E-state index contributed by atoms with van der Waals surface area (Å²) in [4.78, 5) is 29.4. The highest BCUT2D eigenvalue weighted by molar-refractivity contribution is 5.93. The molecular formula is C22H19FN8O2. The van der Waals surface area contributed by atoms with Crippen molar-refractivity contribution in [2.24, 2.45) is 9.98 Å². The number of H-pyrrole nitrogens is 1. The lowest BCUT2D eigenvalue weighted by molar-refractivity contribution is 0.196. The second kappa shape index (κ2) is 8.71. The second-order valence-corrected chi connectivity index (χ2v) is 7.31. The van der Waals surface area contributed by atoms with Crippen LogP contribution in [0.15, 0.2) is 58.8 Å². The van der Waals surface area contributed by atoms with E-state index in [9.17, 15) is 9.18 Å². The SMILES string of the molecule is COCCCN(c1nc(Nc2ccc3c(c2)=NC(=O)N=3)ncc1F)c1cccc2[nH]ncc12. The van der Waals surface area contributed by atoms with Crippen LogP contribution in [0.2, 0.25) is 0 Å². The Balaban J connectivity index is 1.52. The highest BCUT2D eigenvalue weighted by Gasteiger charge is 2.20. The molecule has 0 fully saturated rings. The predicted molar refractivity (Wildman–Crippen MR) is 119 cm³/mol. The average molecular weight is 446 g/mol. The number of rotatable bonds is 8. The molecule has 33 heavy (non-hydrogen) atoms. The summed E-state index contributed by atoms with van der Waals surface area (Å²) in [5, 5.41) is 11.9. The first-order valence-electron chi connectivity index (χ1n) is 10.2. The Kier molecular flexibility index (Phi) is 5.45. The highest BCUT2D eigenvalue weighted by atomic mass is 19.1. The first-order valence-corrected chi connectivity index (χ1v) is 10.2. The molecule has 0 aliphatic carbocycles. The third-order valence-electron chi connectivity index (χ3n) is 5.13. The number of fused-ring (bicyclic) bond motifs is 2. The van der Waals surface area contributed by atoms with E-state index in [1.54, 1.807) is 36.4 Å². The zero-order valence-corrected chi connectivity index (χ0v) is 17.6. The van der Waals surface area contributed by atoms with Gasteiger partial charge in [-0.15, -0.1) is 0 Å². The summed E-state index contributed by atoms with van der Waals surface area (Å²) in [6.45, 7) is 0.977. The number of aromatic amines is 1. The number of nitrogens with one attached hydrogen (secondary N) is 2. The summed E-state index contributed by atoms with van der Waals surface area (Å²) in [5.41, 5.74) is 2.19. The zero-order chi connectivity index (χ0) is 22.8. The van der Waals surface area contributed by atoms with Crippen LogP contribution in [0.5, 0.6) is 0 Å². The first kappa shape index (κ1) is 20.6. The molecule has 1 aliphatic rings. The number of methoxy groups -OCH3 is 1. The van der Waals surface area contributed by atoms with Crippen LogP contribution in [0.1, 0.15) is 6.42 Å². The molecule has 2 aromatic heterocycles. The van der Waals surface area contributed by atoms with Gasteiger partial charge in [0.25, 0.3) is 0 Å². The van der Waals surface area contributed by atoms with Gasteiger partial charge in [0.15, 0.2) is 11.6 Å². The van der Waals surface area contributed by atoms with Crippen LogP contribution >= 0.6 is 0 Å². The third-order valence-corrected chi connectivity index (χ3v) is 5.13. The van der Waals surface area contributed by atoms with E-state index in [0.29, 0.717) is 36.0 Å². The molecule has 0 saturated carbocycles. The molecule has 166 valence electrons. The van der Waals surface area contributed by atoms with E-state index in [1.807, 2.05) is 18.2 Å². The number of hydrogen-bond acceptors (Lipinski definition) is 7. The summed E-state index contributed by atoms with van der Waals surface area (Å²) < 4.78 is 20.2. The molecule has 10 nitrogen and oxygen atoms in total. The molecule has 0 bridgehead atoms. The van der Waals surface area contributed by atoms with Crippen LogP contribution in [0.25, 0.3) is 10.9 Å². The van der Waals surface area contributed by atoms with Gasteiger partial charge in [0, 0.05) is 31.3 Å². The number of benzene rings is 2. The maximum absolute atomic E-state index is 15.0. The minimum absolute atomic E-state index is 0.119.